The highest BCUT2D eigenvalue weighted by Crippen LogP contribution is 2.21. The predicted molar refractivity (Wildman–Crippen MR) is 85.3 cm³/mol. The first kappa shape index (κ1) is 20.0. The third-order valence-electron chi connectivity index (χ3n) is 3.21. The van der Waals surface area contributed by atoms with Gasteiger partial charge in [0.05, 0.1) is 19.1 Å². The van der Waals surface area contributed by atoms with E-state index in [9.17, 15) is 18.4 Å². The van der Waals surface area contributed by atoms with E-state index in [1.807, 2.05) is 0 Å². The first-order valence-electron chi connectivity index (χ1n) is 7.62. The zero-order chi connectivity index (χ0) is 17.9. The summed E-state index contributed by atoms with van der Waals surface area (Å²) in [7, 11) is 1.60. The number of rotatable bonds is 10. The Morgan fingerprint density at radius 1 is 1.21 bits per heavy atom. The molecule has 0 aliphatic heterocycles. The lowest BCUT2D eigenvalue weighted by Gasteiger charge is -2.19. The van der Waals surface area contributed by atoms with Crippen LogP contribution in [0.5, 0.6) is 0 Å². The highest BCUT2D eigenvalue weighted by atomic mass is 19.1. The van der Waals surface area contributed by atoms with Crippen molar-refractivity contribution >= 4 is 11.8 Å². The van der Waals surface area contributed by atoms with Crippen LogP contribution < -0.4 is 16.0 Å². The van der Waals surface area contributed by atoms with Gasteiger partial charge >= 0.3 is 0 Å². The van der Waals surface area contributed by atoms with E-state index in [-0.39, 0.29) is 17.9 Å². The van der Waals surface area contributed by atoms with E-state index in [1.165, 1.54) is 13.0 Å². The topological polar surface area (TPSA) is 79.5 Å². The Morgan fingerprint density at radius 2 is 1.96 bits per heavy atom. The molecular weight excluding hydrogens is 320 g/mol. The van der Waals surface area contributed by atoms with Crippen LogP contribution >= 0.6 is 0 Å². The number of carbonyl (C=O) groups is 2. The molecule has 1 unspecified atom stereocenters. The largest absolute Gasteiger partial charge is 0.383 e. The lowest BCUT2D eigenvalue weighted by atomic mass is 10.0. The first-order chi connectivity index (χ1) is 11.4. The van der Waals surface area contributed by atoms with Gasteiger partial charge in [-0.05, 0) is 6.07 Å². The van der Waals surface area contributed by atoms with Crippen LogP contribution in [0.2, 0.25) is 0 Å². The zero-order valence-electron chi connectivity index (χ0n) is 13.8. The highest BCUT2D eigenvalue weighted by molar-refractivity contribution is 5.79. The van der Waals surface area contributed by atoms with Crippen LogP contribution in [-0.4, -0.2) is 45.2 Å². The second-order valence-corrected chi connectivity index (χ2v) is 5.22. The number of ether oxygens (including phenoxy) is 1. The predicted octanol–water partition coefficient (Wildman–Crippen LogP) is 0.884. The molecular formula is C16H23F2N3O3. The third-order valence-corrected chi connectivity index (χ3v) is 3.21. The molecule has 0 saturated carbocycles. The van der Waals surface area contributed by atoms with E-state index >= 15 is 0 Å². The standard InChI is InChI=1S/C16H23F2N3O3/c1-11(22)21-15(13-4-3-12(17)9-14(13)18)10-16(23)20-6-5-19-7-8-24-2/h3-4,9,15,19H,5-8,10H2,1-2H3,(H,20,23)(H,21,22). The van der Waals surface area contributed by atoms with Gasteiger partial charge in [0, 0.05) is 45.3 Å². The molecule has 134 valence electrons. The number of benzene rings is 1. The summed E-state index contributed by atoms with van der Waals surface area (Å²) in [5, 5.41) is 8.25. The first-order valence-corrected chi connectivity index (χ1v) is 7.62. The maximum atomic E-state index is 13.9. The fraction of sp³-hybridized carbons (Fsp3) is 0.500. The van der Waals surface area contributed by atoms with Crippen LogP contribution in [0.15, 0.2) is 18.2 Å². The number of methoxy groups -OCH3 is 1. The summed E-state index contributed by atoms with van der Waals surface area (Å²) >= 11 is 0. The van der Waals surface area contributed by atoms with Crippen molar-refractivity contribution in [1.82, 2.24) is 16.0 Å². The molecule has 0 fully saturated rings. The van der Waals surface area contributed by atoms with Gasteiger partial charge < -0.3 is 20.7 Å². The number of amides is 2. The van der Waals surface area contributed by atoms with Gasteiger partial charge in [-0.3, -0.25) is 9.59 Å². The fourth-order valence-electron chi connectivity index (χ4n) is 2.12. The summed E-state index contributed by atoms with van der Waals surface area (Å²) in [6, 6.07) is 2.18. The van der Waals surface area contributed by atoms with Gasteiger partial charge in [0.15, 0.2) is 0 Å². The smallest absolute Gasteiger partial charge is 0.222 e. The van der Waals surface area contributed by atoms with Crippen molar-refractivity contribution in [3.8, 4) is 0 Å². The number of hydrogen-bond donors (Lipinski definition) is 3. The molecule has 0 saturated heterocycles. The van der Waals surface area contributed by atoms with Gasteiger partial charge in [-0.25, -0.2) is 8.78 Å². The van der Waals surface area contributed by atoms with Crippen molar-refractivity contribution in [1.29, 1.82) is 0 Å². The summed E-state index contributed by atoms with van der Waals surface area (Å²) in [5.41, 5.74) is 0.0694. The molecule has 1 aromatic rings. The molecule has 24 heavy (non-hydrogen) atoms. The second-order valence-electron chi connectivity index (χ2n) is 5.22. The quantitative estimate of drug-likeness (QED) is 0.551. The van der Waals surface area contributed by atoms with Crippen molar-refractivity contribution in [2.75, 3.05) is 33.4 Å². The van der Waals surface area contributed by atoms with Crippen LogP contribution in [0.4, 0.5) is 8.78 Å². The molecule has 1 atom stereocenters. The van der Waals surface area contributed by atoms with Gasteiger partial charge in [-0.15, -0.1) is 0 Å². The Bertz CT molecular complexity index is 555. The SMILES string of the molecule is COCCNCCNC(=O)CC(NC(C)=O)c1ccc(F)cc1F. The Morgan fingerprint density at radius 3 is 2.58 bits per heavy atom. The molecule has 0 spiro atoms. The number of hydrogen-bond acceptors (Lipinski definition) is 4. The molecule has 1 aromatic carbocycles. The number of halogens is 2. The molecule has 0 aromatic heterocycles. The molecule has 1 rings (SSSR count). The van der Waals surface area contributed by atoms with E-state index in [0.29, 0.717) is 26.2 Å². The Balaban J connectivity index is 2.56. The lowest BCUT2D eigenvalue weighted by Crippen LogP contribution is -2.36. The van der Waals surface area contributed by atoms with Crippen molar-refractivity contribution in [2.24, 2.45) is 0 Å². The van der Waals surface area contributed by atoms with Crippen LogP contribution in [-0.2, 0) is 14.3 Å². The van der Waals surface area contributed by atoms with Crippen molar-refractivity contribution in [3.63, 3.8) is 0 Å². The van der Waals surface area contributed by atoms with E-state index in [1.54, 1.807) is 7.11 Å². The normalized spacial score (nSPS) is 11.8. The molecule has 0 aliphatic carbocycles. The minimum absolute atomic E-state index is 0.0694. The molecule has 0 heterocycles. The molecule has 2 amide bonds. The van der Waals surface area contributed by atoms with Crippen LogP contribution in [0, 0.1) is 11.6 Å². The Labute approximate surface area is 139 Å². The average Bonchev–Trinajstić information content (AvgIpc) is 2.49. The maximum Gasteiger partial charge on any atom is 0.222 e. The summed E-state index contributed by atoms with van der Waals surface area (Å²) < 4.78 is 31.8. The van der Waals surface area contributed by atoms with Gasteiger partial charge in [-0.2, -0.15) is 0 Å². The van der Waals surface area contributed by atoms with Crippen molar-refractivity contribution < 1.29 is 23.1 Å². The van der Waals surface area contributed by atoms with E-state index in [4.69, 9.17) is 4.74 Å². The molecule has 8 heteroatoms. The van der Waals surface area contributed by atoms with Crippen molar-refractivity contribution in [3.05, 3.63) is 35.4 Å². The molecule has 0 aliphatic rings. The van der Waals surface area contributed by atoms with Crippen LogP contribution in [0.1, 0.15) is 24.9 Å². The number of nitrogens with one attached hydrogen (secondary N) is 3. The van der Waals surface area contributed by atoms with Gasteiger partial charge in [0.25, 0.3) is 0 Å². The summed E-state index contributed by atoms with van der Waals surface area (Å²) in [4.78, 5) is 23.3. The summed E-state index contributed by atoms with van der Waals surface area (Å²) in [5.74, 6) is -2.27. The van der Waals surface area contributed by atoms with E-state index < -0.39 is 23.6 Å². The molecule has 0 radical (unpaired) electrons. The van der Waals surface area contributed by atoms with E-state index in [0.717, 1.165) is 12.1 Å². The Kier molecular flexibility index (Phi) is 8.88. The molecule has 6 nitrogen and oxygen atoms in total. The maximum absolute atomic E-state index is 13.9. The number of carbonyl (C=O) groups excluding carboxylic acids is 2. The minimum atomic E-state index is -0.857. The fourth-order valence-corrected chi connectivity index (χ4v) is 2.12. The Hall–Kier alpha value is -2.06. The molecule has 3 N–H and O–H groups in total. The zero-order valence-corrected chi connectivity index (χ0v) is 13.8. The summed E-state index contributed by atoms with van der Waals surface area (Å²) in [6.07, 6.45) is -0.139. The van der Waals surface area contributed by atoms with Gasteiger partial charge in [0.2, 0.25) is 11.8 Å². The highest BCUT2D eigenvalue weighted by Gasteiger charge is 2.20. The minimum Gasteiger partial charge on any atom is -0.383 e. The van der Waals surface area contributed by atoms with Crippen molar-refractivity contribution in [2.45, 2.75) is 19.4 Å². The van der Waals surface area contributed by atoms with Gasteiger partial charge in [-0.1, -0.05) is 6.07 Å². The lowest BCUT2D eigenvalue weighted by molar-refractivity contribution is -0.122. The van der Waals surface area contributed by atoms with Gasteiger partial charge in [0.1, 0.15) is 11.6 Å². The average molecular weight is 343 g/mol. The monoisotopic (exact) mass is 343 g/mol. The van der Waals surface area contributed by atoms with Crippen LogP contribution in [0.25, 0.3) is 0 Å². The van der Waals surface area contributed by atoms with E-state index in [2.05, 4.69) is 16.0 Å². The third kappa shape index (κ3) is 7.47. The van der Waals surface area contributed by atoms with Crippen LogP contribution in [0.3, 0.4) is 0 Å². The summed E-state index contributed by atoms with van der Waals surface area (Å²) in [6.45, 7) is 3.46. The second kappa shape index (κ2) is 10.7. The molecule has 0 bridgehead atoms.